The molecule has 0 unspecified atom stereocenters. The van der Waals surface area contributed by atoms with Crippen molar-refractivity contribution < 1.29 is 17.6 Å². The van der Waals surface area contributed by atoms with Gasteiger partial charge >= 0.3 is 0 Å². The maximum absolute atomic E-state index is 13.7. The van der Waals surface area contributed by atoms with Crippen LogP contribution in [0.15, 0.2) is 23.1 Å². The number of hydrogen-bond donors (Lipinski definition) is 1. The fourth-order valence-electron chi connectivity index (χ4n) is 3.01. The van der Waals surface area contributed by atoms with E-state index < -0.39 is 21.7 Å². The Morgan fingerprint density at radius 3 is 2.57 bits per heavy atom. The quantitative estimate of drug-likeness (QED) is 0.899. The summed E-state index contributed by atoms with van der Waals surface area (Å²) in [5.74, 6) is -1.12. The maximum Gasteiger partial charge on any atom is 0.243 e. The minimum absolute atomic E-state index is 0.0195. The number of amides is 1. The molecule has 1 N–H and O–H groups in total. The Morgan fingerprint density at radius 2 is 2.04 bits per heavy atom. The lowest BCUT2D eigenvalue weighted by molar-refractivity contribution is -0.114. The van der Waals surface area contributed by atoms with Crippen LogP contribution in [-0.4, -0.2) is 56.3 Å². The second-order valence-corrected chi connectivity index (χ2v) is 7.89. The fourth-order valence-corrected chi connectivity index (χ4v) is 4.71. The zero-order chi connectivity index (χ0) is 17.4. The van der Waals surface area contributed by atoms with Gasteiger partial charge in [-0.1, -0.05) is 0 Å². The Hall–Kier alpha value is -1.51. The van der Waals surface area contributed by atoms with Crippen LogP contribution in [-0.2, 0) is 14.8 Å². The predicted molar refractivity (Wildman–Crippen MR) is 86.1 cm³/mol. The average Bonchev–Trinajstić information content (AvgIpc) is 2.83. The van der Waals surface area contributed by atoms with Crippen molar-refractivity contribution in [1.82, 2.24) is 9.21 Å². The first-order valence-corrected chi connectivity index (χ1v) is 8.84. The van der Waals surface area contributed by atoms with Crippen LogP contribution in [0.2, 0.25) is 0 Å². The van der Waals surface area contributed by atoms with Gasteiger partial charge in [-0.25, -0.2) is 12.8 Å². The molecule has 6 nitrogen and oxygen atoms in total. The highest BCUT2D eigenvalue weighted by Crippen LogP contribution is 2.29. The molecule has 2 atom stereocenters. The summed E-state index contributed by atoms with van der Waals surface area (Å²) in [6.45, 7) is 3.53. The minimum Gasteiger partial charge on any atom is -0.324 e. The first-order valence-electron chi connectivity index (χ1n) is 7.40. The van der Waals surface area contributed by atoms with Crippen LogP contribution < -0.4 is 5.32 Å². The smallest absolute Gasteiger partial charge is 0.243 e. The second-order valence-electron chi connectivity index (χ2n) is 6.00. The van der Waals surface area contributed by atoms with E-state index in [9.17, 15) is 17.6 Å². The number of rotatable bonds is 4. The number of benzene rings is 1. The molecule has 0 spiro atoms. The van der Waals surface area contributed by atoms with Crippen molar-refractivity contribution in [2.45, 2.75) is 37.2 Å². The van der Waals surface area contributed by atoms with Crippen molar-refractivity contribution in [2.75, 3.05) is 26.0 Å². The van der Waals surface area contributed by atoms with E-state index in [2.05, 4.69) is 5.32 Å². The van der Waals surface area contributed by atoms with Gasteiger partial charge < -0.3 is 10.2 Å². The van der Waals surface area contributed by atoms with E-state index in [4.69, 9.17) is 0 Å². The number of anilines is 1. The van der Waals surface area contributed by atoms with Crippen LogP contribution in [0.25, 0.3) is 0 Å². The Balaban J connectivity index is 2.35. The molecule has 1 fully saturated rings. The number of nitrogens with zero attached hydrogens (tertiary/aromatic N) is 2. The monoisotopic (exact) mass is 343 g/mol. The van der Waals surface area contributed by atoms with Gasteiger partial charge in [0.2, 0.25) is 15.9 Å². The third kappa shape index (κ3) is 3.54. The van der Waals surface area contributed by atoms with Gasteiger partial charge in [-0.15, -0.1) is 0 Å². The Bertz CT molecular complexity index is 706. The second kappa shape index (κ2) is 6.54. The third-order valence-corrected chi connectivity index (χ3v) is 6.16. The number of halogens is 1. The Morgan fingerprint density at radius 1 is 1.39 bits per heavy atom. The Labute approximate surface area is 136 Å². The maximum atomic E-state index is 13.7. The standard InChI is InChI=1S/C15H22FN3O3S/c1-10-15(18(3)4)7-8-19(10)23(21,22)12-5-6-13(16)14(9-12)17-11(2)20/h5-6,9-10,15H,7-8H2,1-4H3,(H,17,20)/t10-,15-/m1/s1. The molecule has 1 saturated heterocycles. The zero-order valence-corrected chi connectivity index (χ0v) is 14.5. The summed E-state index contributed by atoms with van der Waals surface area (Å²) in [6, 6.07) is 3.42. The fraction of sp³-hybridized carbons (Fsp3) is 0.533. The highest BCUT2D eigenvalue weighted by molar-refractivity contribution is 7.89. The number of nitrogens with one attached hydrogen (secondary N) is 1. The number of sulfonamides is 1. The van der Waals surface area contributed by atoms with Gasteiger partial charge in [0.15, 0.2) is 0 Å². The summed E-state index contributed by atoms with van der Waals surface area (Å²) < 4.78 is 40.8. The molecular weight excluding hydrogens is 321 g/mol. The molecule has 128 valence electrons. The van der Waals surface area contributed by atoms with Gasteiger partial charge in [0.25, 0.3) is 0 Å². The van der Waals surface area contributed by atoms with Crippen LogP contribution in [0.1, 0.15) is 20.3 Å². The molecule has 0 aliphatic carbocycles. The van der Waals surface area contributed by atoms with Crippen molar-refractivity contribution in [3.05, 3.63) is 24.0 Å². The SMILES string of the molecule is CC(=O)Nc1cc(S(=O)(=O)N2CC[C@@H](N(C)C)[C@H]2C)ccc1F. The van der Waals surface area contributed by atoms with Crippen LogP contribution in [0.3, 0.4) is 0 Å². The third-order valence-electron chi connectivity index (χ3n) is 4.17. The van der Waals surface area contributed by atoms with Crippen LogP contribution in [0.5, 0.6) is 0 Å². The normalized spacial score (nSPS) is 22.5. The number of hydrogen-bond acceptors (Lipinski definition) is 4. The van der Waals surface area contributed by atoms with Crippen molar-refractivity contribution in [3.8, 4) is 0 Å². The van der Waals surface area contributed by atoms with Gasteiger partial charge in [0.05, 0.1) is 10.6 Å². The minimum atomic E-state index is -3.74. The van der Waals surface area contributed by atoms with Gasteiger partial charge in [0.1, 0.15) is 5.82 Å². The van der Waals surface area contributed by atoms with Crippen LogP contribution in [0, 0.1) is 5.82 Å². The van der Waals surface area contributed by atoms with Crippen LogP contribution >= 0.6 is 0 Å². The molecule has 0 aromatic heterocycles. The van der Waals surface area contributed by atoms with E-state index in [0.717, 1.165) is 12.5 Å². The molecule has 1 aliphatic rings. The molecular formula is C15H22FN3O3S. The molecule has 2 rings (SSSR count). The van der Waals surface area contributed by atoms with E-state index in [-0.39, 0.29) is 22.7 Å². The number of carbonyl (C=O) groups excluding carboxylic acids is 1. The van der Waals surface area contributed by atoms with Crippen molar-refractivity contribution >= 4 is 21.6 Å². The molecule has 1 aromatic rings. The van der Waals surface area contributed by atoms with E-state index in [1.165, 1.54) is 23.4 Å². The van der Waals surface area contributed by atoms with Crippen molar-refractivity contribution in [1.29, 1.82) is 0 Å². The van der Waals surface area contributed by atoms with Crippen molar-refractivity contribution in [2.24, 2.45) is 0 Å². The van der Waals surface area contributed by atoms with Crippen molar-refractivity contribution in [3.63, 3.8) is 0 Å². The van der Waals surface area contributed by atoms with Gasteiger partial charge in [-0.3, -0.25) is 4.79 Å². The molecule has 1 aliphatic heterocycles. The summed E-state index contributed by atoms with van der Waals surface area (Å²) in [5, 5.41) is 2.31. The molecule has 23 heavy (non-hydrogen) atoms. The largest absolute Gasteiger partial charge is 0.324 e. The highest BCUT2D eigenvalue weighted by atomic mass is 32.2. The molecule has 0 bridgehead atoms. The lowest BCUT2D eigenvalue weighted by Gasteiger charge is -2.28. The van der Waals surface area contributed by atoms with Gasteiger partial charge in [-0.2, -0.15) is 4.31 Å². The zero-order valence-electron chi connectivity index (χ0n) is 13.7. The summed E-state index contributed by atoms with van der Waals surface area (Å²) in [6.07, 6.45) is 0.743. The van der Waals surface area contributed by atoms with E-state index in [0.29, 0.717) is 6.54 Å². The van der Waals surface area contributed by atoms with Gasteiger partial charge in [-0.05, 0) is 45.6 Å². The summed E-state index contributed by atoms with van der Waals surface area (Å²) in [7, 11) is 0.101. The molecule has 1 amide bonds. The Kier molecular flexibility index (Phi) is 5.07. The first kappa shape index (κ1) is 17.8. The van der Waals surface area contributed by atoms with E-state index in [1.54, 1.807) is 0 Å². The molecule has 0 radical (unpaired) electrons. The lowest BCUT2D eigenvalue weighted by Crippen LogP contribution is -2.42. The topological polar surface area (TPSA) is 69.7 Å². The predicted octanol–water partition coefficient (Wildman–Crippen LogP) is 1.50. The van der Waals surface area contributed by atoms with Gasteiger partial charge in [0, 0.05) is 25.6 Å². The molecule has 1 aromatic carbocycles. The van der Waals surface area contributed by atoms with E-state index in [1.807, 2.05) is 25.9 Å². The number of likely N-dealkylation sites (N-methyl/N-ethyl adjacent to an activating group) is 1. The lowest BCUT2D eigenvalue weighted by atomic mass is 10.1. The summed E-state index contributed by atoms with van der Waals surface area (Å²) in [4.78, 5) is 13.1. The molecule has 1 heterocycles. The van der Waals surface area contributed by atoms with Crippen LogP contribution in [0.4, 0.5) is 10.1 Å². The first-order chi connectivity index (χ1) is 10.6. The highest BCUT2D eigenvalue weighted by Gasteiger charge is 2.39. The molecule has 0 saturated carbocycles. The summed E-state index contributed by atoms with van der Waals surface area (Å²) in [5.41, 5.74) is -0.130. The summed E-state index contributed by atoms with van der Waals surface area (Å²) >= 11 is 0. The average molecular weight is 343 g/mol. The van der Waals surface area contributed by atoms with E-state index >= 15 is 0 Å². The number of carbonyl (C=O) groups is 1. The molecule has 8 heteroatoms.